The zero-order valence-electron chi connectivity index (χ0n) is 19.5. The monoisotopic (exact) mass is 514 g/mol. The Bertz CT molecular complexity index is 1150. The Morgan fingerprint density at radius 3 is 2.51 bits per heavy atom. The first kappa shape index (κ1) is 25.2. The lowest BCUT2D eigenvalue weighted by Gasteiger charge is -2.33. The second-order valence-electron chi connectivity index (χ2n) is 8.69. The van der Waals surface area contributed by atoms with E-state index in [4.69, 9.17) is 16.3 Å². The maximum atomic E-state index is 13.8. The number of carbonyl (C=O) groups excluding carboxylic acids is 2. The molecule has 0 saturated heterocycles. The molecule has 4 rings (SSSR count). The van der Waals surface area contributed by atoms with Crippen molar-refractivity contribution in [2.24, 2.45) is 0 Å². The van der Waals surface area contributed by atoms with Crippen LogP contribution in [0.3, 0.4) is 0 Å². The van der Waals surface area contributed by atoms with Gasteiger partial charge in [-0.2, -0.15) is 11.3 Å². The summed E-state index contributed by atoms with van der Waals surface area (Å²) in [6.07, 6.45) is 5.19. The van der Waals surface area contributed by atoms with Gasteiger partial charge in [0, 0.05) is 11.7 Å². The molecule has 0 spiro atoms. The van der Waals surface area contributed by atoms with Crippen LogP contribution < -0.4 is 15.0 Å². The molecule has 1 N–H and O–H groups in total. The van der Waals surface area contributed by atoms with Gasteiger partial charge >= 0.3 is 0 Å². The molecule has 1 atom stereocenters. The number of amides is 2. The Hall–Kier alpha value is -2.90. The van der Waals surface area contributed by atoms with Gasteiger partial charge in [0.05, 0.1) is 18.6 Å². The van der Waals surface area contributed by atoms with Gasteiger partial charge in [-0.25, -0.2) is 4.39 Å². The van der Waals surface area contributed by atoms with Crippen molar-refractivity contribution >= 4 is 40.4 Å². The van der Waals surface area contributed by atoms with Gasteiger partial charge in [0.15, 0.2) is 0 Å². The van der Waals surface area contributed by atoms with Crippen molar-refractivity contribution in [1.29, 1.82) is 0 Å². The van der Waals surface area contributed by atoms with Crippen LogP contribution in [0.15, 0.2) is 59.3 Å². The molecule has 1 aromatic heterocycles. The number of anilines is 1. The molecule has 184 valence electrons. The fourth-order valence-corrected chi connectivity index (χ4v) is 5.41. The number of nitrogens with one attached hydrogen (secondary N) is 1. The average molecular weight is 515 g/mol. The van der Waals surface area contributed by atoms with Gasteiger partial charge < -0.3 is 10.1 Å². The summed E-state index contributed by atoms with van der Waals surface area (Å²) in [5.74, 6) is -0.513. The lowest BCUT2D eigenvalue weighted by atomic mass is 9.94. The minimum atomic E-state index is -0.992. The van der Waals surface area contributed by atoms with Gasteiger partial charge in [0.1, 0.15) is 17.6 Å². The molecule has 1 heterocycles. The average Bonchev–Trinajstić information content (AvgIpc) is 3.36. The van der Waals surface area contributed by atoms with Gasteiger partial charge in [-0.1, -0.05) is 43.0 Å². The molecule has 1 aliphatic carbocycles. The van der Waals surface area contributed by atoms with E-state index in [1.165, 1.54) is 35.5 Å². The number of hydrogen-bond acceptors (Lipinski definition) is 4. The summed E-state index contributed by atoms with van der Waals surface area (Å²) in [4.78, 5) is 29.0. The lowest BCUT2D eigenvalue weighted by molar-refractivity contribution is -0.127. The zero-order chi connectivity index (χ0) is 24.8. The Morgan fingerprint density at radius 2 is 1.89 bits per heavy atom. The number of rotatable bonds is 8. The van der Waals surface area contributed by atoms with Gasteiger partial charge in [0.2, 0.25) is 11.8 Å². The summed E-state index contributed by atoms with van der Waals surface area (Å²) in [5.41, 5.74) is 1.84. The second-order valence-corrected chi connectivity index (χ2v) is 9.88. The fourth-order valence-electron chi connectivity index (χ4n) is 4.49. The molecule has 1 saturated carbocycles. The molecular weight excluding hydrogens is 487 g/mol. The minimum absolute atomic E-state index is 0.0486. The normalized spacial score (nSPS) is 14.8. The topological polar surface area (TPSA) is 58.6 Å². The van der Waals surface area contributed by atoms with Crippen LogP contribution in [0.25, 0.3) is 0 Å². The largest absolute Gasteiger partial charge is 0.495 e. The molecule has 2 amide bonds. The third-order valence-electron chi connectivity index (χ3n) is 6.26. The molecule has 5 nitrogen and oxygen atoms in total. The smallest absolute Gasteiger partial charge is 0.248 e. The van der Waals surface area contributed by atoms with Crippen molar-refractivity contribution in [3.63, 3.8) is 0 Å². The number of ether oxygens (including phenoxy) is 1. The number of thiophene rings is 1. The van der Waals surface area contributed by atoms with Crippen LogP contribution in [0.5, 0.6) is 5.75 Å². The summed E-state index contributed by atoms with van der Waals surface area (Å²) >= 11 is 7.92. The van der Waals surface area contributed by atoms with Crippen molar-refractivity contribution in [1.82, 2.24) is 5.32 Å². The molecule has 1 fully saturated rings. The minimum Gasteiger partial charge on any atom is -0.495 e. The standard InChI is InChI=1S/C27H28ClFN2O3S/c1-34-24-12-11-22(16-23(24)28)31(25(32)15-18-13-14-35-17-18)26(19-7-9-20(29)10-8-19)27(33)30-21-5-3-2-4-6-21/h7-14,16-17,21,26H,2-6,15H2,1H3,(H,30,33)/t26-/m1/s1. The van der Waals surface area contributed by atoms with Gasteiger partial charge in [-0.15, -0.1) is 0 Å². The number of hydrogen-bond donors (Lipinski definition) is 1. The van der Waals surface area contributed by atoms with E-state index in [1.807, 2.05) is 16.8 Å². The molecule has 2 aromatic carbocycles. The quantitative estimate of drug-likeness (QED) is 0.383. The van der Waals surface area contributed by atoms with E-state index in [-0.39, 0.29) is 24.3 Å². The van der Waals surface area contributed by atoms with Crippen molar-refractivity contribution in [3.8, 4) is 5.75 Å². The Labute approximate surface area is 213 Å². The molecule has 0 radical (unpaired) electrons. The van der Waals surface area contributed by atoms with E-state index >= 15 is 0 Å². The van der Waals surface area contributed by atoms with Crippen LogP contribution in [0.2, 0.25) is 5.02 Å². The molecule has 8 heteroatoms. The van der Waals surface area contributed by atoms with Crippen molar-refractivity contribution in [2.75, 3.05) is 12.0 Å². The summed E-state index contributed by atoms with van der Waals surface area (Å²) < 4.78 is 19.1. The molecule has 0 unspecified atom stereocenters. The number of methoxy groups -OCH3 is 1. The zero-order valence-corrected chi connectivity index (χ0v) is 21.1. The highest BCUT2D eigenvalue weighted by Crippen LogP contribution is 2.35. The highest BCUT2D eigenvalue weighted by molar-refractivity contribution is 7.08. The molecule has 3 aromatic rings. The summed E-state index contributed by atoms with van der Waals surface area (Å²) in [6.45, 7) is 0. The Balaban J connectivity index is 1.77. The van der Waals surface area contributed by atoms with E-state index in [9.17, 15) is 14.0 Å². The Kier molecular flexibility index (Phi) is 8.42. The van der Waals surface area contributed by atoms with E-state index in [1.54, 1.807) is 30.3 Å². The third kappa shape index (κ3) is 6.21. The summed E-state index contributed by atoms with van der Waals surface area (Å²) in [7, 11) is 1.51. The predicted molar refractivity (Wildman–Crippen MR) is 138 cm³/mol. The third-order valence-corrected chi connectivity index (χ3v) is 7.29. The molecular formula is C27H28ClFN2O3S. The maximum absolute atomic E-state index is 13.8. The van der Waals surface area contributed by atoms with Crippen molar-refractivity contribution in [2.45, 2.75) is 50.6 Å². The van der Waals surface area contributed by atoms with Gasteiger partial charge in [0.25, 0.3) is 0 Å². The fraction of sp³-hybridized carbons (Fsp3) is 0.333. The van der Waals surface area contributed by atoms with E-state index in [0.29, 0.717) is 22.0 Å². The van der Waals surface area contributed by atoms with E-state index in [2.05, 4.69) is 5.32 Å². The van der Waals surface area contributed by atoms with Gasteiger partial charge in [-0.3, -0.25) is 14.5 Å². The maximum Gasteiger partial charge on any atom is 0.248 e. The number of nitrogens with zero attached hydrogens (tertiary/aromatic N) is 1. The van der Waals surface area contributed by atoms with Crippen molar-refractivity contribution in [3.05, 3.63) is 81.3 Å². The molecule has 0 aliphatic heterocycles. The predicted octanol–water partition coefficient (Wildman–Crippen LogP) is 6.32. The van der Waals surface area contributed by atoms with E-state index < -0.39 is 11.9 Å². The van der Waals surface area contributed by atoms with E-state index in [0.717, 1.165) is 37.7 Å². The second kappa shape index (κ2) is 11.7. The number of halogens is 2. The van der Waals surface area contributed by atoms with Crippen LogP contribution in [0, 0.1) is 5.82 Å². The molecule has 1 aliphatic rings. The highest BCUT2D eigenvalue weighted by Gasteiger charge is 2.34. The van der Waals surface area contributed by atoms with Gasteiger partial charge in [-0.05, 0) is 71.1 Å². The SMILES string of the molecule is COc1ccc(N(C(=O)Cc2ccsc2)[C@@H](C(=O)NC2CCCCC2)c2ccc(F)cc2)cc1Cl. The first-order chi connectivity index (χ1) is 17.0. The highest BCUT2D eigenvalue weighted by atomic mass is 35.5. The van der Waals surface area contributed by atoms with Crippen LogP contribution >= 0.6 is 22.9 Å². The van der Waals surface area contributed by atoms with Crippen LogP contribution in [-0.4, -0.2) is 25.0 Å². The van der Waals surface area contributed by atoms with Crippen LogP contribution in [0.4, 0.5) is 10.1 Å². The lowest BCUT2D eigenvalue weighted by Crippen LogP contribution is -2.47. The van der Waals surface area contributed by atoms with Crippen LogP contribution in [0.1, 0.15) is 49.3 Å². The first-order valence-corrected chi connectivity index (χ1v) is 13.0. The van der Waals surface area contributed by atoms with Crippen molar-refractivity contribution < 1.29 is 18.7 Å². The molecule has 0 bridgehead atoms. The summed E-state index contributed by atoms with van der Waals surface area (Å²) in [6, 6.07) is 11.7. The Morgan fingerprint density at radius 1 is 1.14 bits per heavy atom. The van der Waals surface area contributed by atoms with Crippen LogP contribution in [-0.2, 0) is 16.0 Å². The summed E-state index contributed by atoms with van der Waals surface area (Å²) in [5, 5.41) is 7.29. The first-order valence-electron chi connectivity index (χ1n) is 11.7. The number of carbonyl (C=O) groups is 2. The number of benzene rings is 2. The molecule has 35 heavy (non-hydrogen) atoms.